The Morgan fingerprint density at radius 3 is 2.63 bits per heavy atom. The molecule has 7 heteroatoms. The highest BCUT2D eigenvalue weighted by Gasteiger charge is 2.31. The van der Waals surface area contributed by atoms with E-state index < -0.39 is 11.7 Å². The Kier molecular flexibility index (Phi) is 2.60. The molecule has 0 bridgehead atoms. The molecule has 0 amide bonds. The van der Waals surface area contributed by atoms with E-state index >= 15 is 0 Å². The van der Waals surface area contributed by atoms with E-state index in [1.807, 2.05) is 12.2 Å². The van der Waals surface area contributed by atoms with Gasteiger partial charge in [0.05, 0.1) is 5.56 Å². The summed E-state index contributed by atoms with van der Waals surface area (Å²) in [4.78, 5) is 0. The molecule has 0 saturated carbocycles. The third-order valence-corrected chi connectivity index (χ3v) is 3.20. The van der Waals surface area contributed by atoms with Crippen LogP contribution in [-0.2, 0) is 6.18 Å². The Hall–Kier alpha value is -1.89. The predicted octanol–water partition coefficient (Wildman–Crippen LogP) is 2.12. The van der Waals surface area contributed by atoms with Crippen LogP contribution in [-0.4, -0.2) is 20.6 Å². The number of nitrogens with two attached hydrogens (primary N) is 1. The van der Waals surface area contributed by atoms with Gasteiger partial charge in [0.2, 0.25) is 0 Å². The van der Waals surface area contributed by atoms with Gasteiger partial charge in [-0.2, -0.15) is 13.2 Å². The highest BCUT2D eigenvalue weighted by atomic mass is 19.4. The van der Waals surface area contributed by atoms with Crippen molar-refractivity contribution in [1.82, 2.24) is 14.6 Å². The molecular weight excluding hydrogens is 257 g/mol. The normalized spacial score (nSPS) is 23.4. The first-order chi connectivity index (χ1) is 8.95. The van der Waals surface area contributed by atoms with Crippen molar-refractivity contribution in [3.05, 3.63) is 41.9 Å². The number of fused-ring (bicyclic) bond motifs is 1. The van der Waals surface area contributed by atoms with E-state index in [2.05, 4.69) is 10.2 Å². The third-order valence-electron chi connectivity index (χ3n) is 3.20. The summed E-state index contributed by atoms with van der Waals surface area (Å²) >= 11 is 0. The van der Waals surface area contributed by atoms with Gasteiger partial charge in [-0.05, 0) is 18.6 Å². The van der Waals surface area contributed by atoms with Crippen molar-refractivity contribution in [1.29, 1.82) is 0 Å². The van der Waals surface area contributed by atoms with Crippen LogP contribution in [0.1, 0.15) is 23.7 Å². The van der Waals surface area contributed by atoms with Gasteiger partial charge in [-0.25, -0.2) is 0 Å². The van der Waals surface area contributed by atoms with Crippen LogP contribution in [0.5, 0.6) is 0 Å². The molecule has 19 heavy (non-hydrogen) atoms. The average molecular weight is 268 g/mol. The Morgan fingerprint density at radius 1 is 1.21 bits per heavy atom. The Balaban J connectivity index is 2.08. The molecule has 3 rings (SSSR count). The van der Waals surface area contributed by atoms with Crippen LogP contribution < -0.4 is 5.73 Å². The molecule has 0 aromatic carbocycles. The summed E-state index contributed by atoms with van der Waals surface area (Å²) in [5, 5.41) is 7.86. The topological polar surface area (TPSA) is 56.2 Å². The van der Waals surface area contributed by atoms with Crippen LogP contribution in [0, 0.1) is 0 Å². The second-order valence-electron chi connectivity index (χ2n) is 4.59. The summed E-state index contributed by atoms with van der Waals surface area (Å²) in [5.74, 6) is 0.402. The first kappa shape index (κ1) is 12.2. The highest BCUT2D eigenvalue weighted by molar-refractivity contribution is 5.41. The summed E-state index contributed by atoms with van der Waals surface area (Å²) in [6.45, 7) is 0. The van der Waals surface area contributed by atoms with Crippen LogP contribution in [0.3, 0.4) is 0 Å². The maximum atomic E-state index is 12.7. The fraction of sp³-hybridized carbons (Fsp3) is 0.333. The predicted molar refractivity (Wildman–Crippen MR) is 62.5 cm³/mol. The van der Waals surface area contributed by atoms with Crippen LogP contribution in [0.2, 0.25) is 0 Å². The highest BCUT2D eigenvalue weighted by Crippen LogP contribution is 2.31. The van der Waals surface area contributed by atoms with Crippen molar-refractivity contribution in [2.75, 3.05) is 0 Å². The van der Waals surface area contributed by atoms with E-state index in [4.69, 9.17) is 5.73 Å². The molecular formula is C12H11F3N4. The van der Waals surface area contributed by atoms with Crippen molar-refractivity contribution in [3.63, 3.8) is 0 Å². The number of hydrogen-bond acceptors (Lipinski definition) is 3. The van der Waals surface area contributed by atoms with Crippen molar-refractivity contribution < 1.29 is 13.2 Å². The molecule has 2 atom stereocenters. The monoisotopic (exact) mass is 268 g/mol. The van der Waals surface area contributed by atoms with Gasteiger partial charge in [0.1, 0.15) is 5.82 Å². The zero-order chi connectivity index (χ0) is 13.6. The van der Waals surface area contributed by atoms with E-state index in [1.165, 1.54) is 10.5 Å². The maximum absolute atomic E-state index is 12.7. The summed E-state index contributed by atoms with van der Waals surface area (Å²) in [6.07, 6.45) is 0.984. The lowest BCUT2D eigenvalue weighted by atomic mass is 10.1. The molecule has 2 aromatic heterocycles. The minimum absolute atomic E-state index is 0.0804. The van der Waals surface area contributed by atoms with Gasteiger partial charge in [-0.1, -0.05) is 12.2 Å². The zero-order valence-electron chi connectivity index (χ0n) is 9.80. The van der Waals surface area contributed by atoms with Crippen LogP contribution in [0.25, 0.3) is 5.65 Å². The Labute approximate surface area is 106 Å². The van der Waals surface area contributed by atoms with E-state index in [1.54, 1.807) is 0 Å². The standard InChI is InChI=1S/C12H11F3N4/c13-12(14,15)8-2-4-10-17-18-11(19(10)6-8)7-1-3-9(16)5-7/h1-4,6-7,9H,5,16H2. The fourth-order valence-corrected chi connectivity index (χ4v) is 2.25. The first-order valence-electron chi connectivity index (χ1n) is 5.81. The second kappa shape index (κ2) is 4.06. The smallest absolute Gasteiger partial charge is 0.324 e. The molecule has 4 nitrogen and oxygen atoms in total. The lowest BCUT2D eigenvalue weighted by Crippen LogP contribution is -2.15. The van der Waals surface area contributed by atoms with Crippen molar-refractivity contribution in [3.8, 4) is 0 Å². The lowest BCUT2D eigenvalue weighted by Gasteiger charge is -2.10. The van der Waals surface area contributed by atoms with E-state index in [0.29, 0.717) is 17.9 Å². The molecule has 2 N–H and O–H groups in total. The molecule has 2 aromatic rings. The molecule has 0 radical (unpaired) electrons. The summed E-state index contributed by atoms with van der Waals surface area (Å²) in [7, 11) is 0. The molecule has 0 aliphatic heterocycles. The van der Waals surface area contributed by atoms with Gasteiger partial charge in [-0.3, -0.25) is 4.40 Å². The average Bonchev–Trinajstić information content (AvgIpc) is 2.92. The van der Waals surface area contributed by atoms with Crippen molar-refractivity contribution in [2.45, 2.75) is 24.6 Å². The number of rotatable bonds is 1. The first-order valence-corrected chi connectivity index (χ1v) is 5.81. The van der Waals surface area contributed by atoms with Crippen LogP contribution in [0.4, 0.5) is 13.2 Å². The SMILES string of the molecule is NC1C=CC(c2nnc3ccc(C(F)(F)F)cn23)C1. The fourth-order valence-electron chi connectivity index (χ4n) is 2.25. The third kappa shape index (κ3) is 2.10. The quantitative estimate of drug-likeness (QED) is 0.806. The van der Waals surface area contributed by atoms with Gasteiger partial charge in [0.25, 0.3) is 0 Å². The van der Waals surface area contributed by atoms with E-state index in [9.17, 15) is 13.2 Å². The van der Waals surface area contributed by atoms with Crippen molar-refractivity contribution in [2.24, 2.45) is 5.73 Å². The second-order valence-corrected chi connectivity index (χ2v) is 4.59. The van der Waals surface area contributed by atoms with Crippen LogP contribution in [0.15, 0.2) is 30.5 Å². The Bertz CT molecular complexity index is 644. The molecule has 1 aliphatic rings. The number of hydrogen-bond donors (Lipinski definition) is 1. The zero-order valence-corrected chi connectivity index (χ0v) is 9.80. The molecule has 0 saturated heterocycles. The molecule has 100 valence electrons. The number of nitrogens with zero attached hydrogens (tertiary/aromatic N) is 3. The molecule has 1 aliphatic carbocycles. The van der Waals surface area contributed by atoms with Gasteiger partial charge in [0.15, 0.2) is 5.65 Å². The molecule has 2 heterocycles. The molecule has 0 spiro atoms. The number of aromatic nitrogens is 3. The van der Waals surface area contributed by atoms with Gasteiger partial charge in [-0.15, -0.1) is 10.2 Å². The minimum Gasteiger partial charge on any atom is -0.324 e. The number of halogens is 3. The van der Waals surface area contributed by atoms with Gasteiger partial charge in [0, 0.05) is 18.2 Å². The van der Waals surface area contributed by atoms with E-state index in [0.717, 1.165) is 12.3 Å². The summed E-state index contributed by atoms with van der Waals surface area (Å²) < 4.78 is 39.5. The van der Waals surface area contributed by atoms with Crippen LogP contribution >= 0.6 is 0 Å². The van der Waals surface area contributed by atoms with Gasteiger partial charge < -0.3 is 5.73 Å². The summed E-state index contributed by atoms with van der Waals surface area (Å²) in [5.41, 5.74) is 5.43. The van der Waals surface area contributed by atoms with Gasteiger partial charge >= 0.3 is 6.18 Å². The number of pyridine rings is 1. The molecule has 2 unspecified atom stereocenters. The van der Waals surface area contributed by atoms with E-state index in [-0.39, 0.29) is 12.0 Å². The number of alkyl halides is 3. The van der Waals surface area contributed by atoms with Crippen molar-refractivity contribution >= 4 is 5.65 Å². The minimum atomic E-state index is -4.38. The molecule has 0 fully saturated rings. The lowest BCUT2D eigenvalue weighted by molar-refractivity contribution is -0.137. The summed E-state index contributed by atoms with van der Waals surface area (Å²) in [6, 6.07) is 2.24. The number of allylic oxidation sites excluding steroid dienone is 1. The Morgan fingerprint density at radius 2 is 2.00 bits per heavy atom. The maximum Gasteiger partial charge on any atom is 0.417 e. The largest absolute Gasteiger partial charge is 0.417 e.